The molecule has 1 atom stereocenters. The normalized spacial score (nSPS) is 15.2. The van der Waals surface area contributed by atoms with E-state index in [1.165, 1.54) is 0 Å². The average Bonchev–Trinajstić information content (AvgIpc) is 3.06. The lowest BCUT2D eigenvalue weighted by molar-refractivity contribution is -0.129. The predicted octanol–water partition coefficient (Wildman–Crippen LogP) is 1.98. The summed E-state index contributed by atoms with van der Waals surface area (Å²) in [5, 5.41) is 7.08. The Morgan fingerprint density at radius 3 is 2.15 bits per heavy atom. The summed E-state index contributed by atoms with van der Waals surface area (Å²) in [6.07, 6.45) is 1.70. The van der Waals surface area contributed by atoms with Gasteiger partial charge in [-0.15, -0.1) is 0 Å². The van der Waals surface area contributed by atoms with Gasteiger partial charge in [0, 0.05) is 18.3 Å². The number of imide groups is 1. The Balaban J connectivity index is 1.84. The Morgan fingerprint density at radius 1 is 1.15 bits per heavy atom. The van der Waals surface area contributed by atoms with Crippen LogP contribution in [-0.4, -0.2) is 37.9 Å². The Bertz CT molecular complexity index is 878. The number of nitrogens with one attached hydrogen (secondary N) is 1. The van der Waals surface area contributed by atoms with E-state index in [4.69, 9.17) is 0 Å². The zero-order valence-electron chi connectivity index (χ0n) is 15.5. The molecule has 0 bridgehead atoms. The lowest BCUT2D eigenvalue weighted by Gasteiger charge is -2.33. The maximum absolute atomic E-state index is 12.9. The lowest BCUT2D eigenvalue weighted by Crippen LogP contribution is -2.57. The Morgan fingerprint density at radius 2 is 1.69 bits per heavy atom. The fourth-order valence-electron chi connectivity index (χ4n) is 3.19. The molecule has 1 aliphatic heterocycles. The zero-order chi connectivity index (χ0) is 19.2. The lowest BCUT2D eigenvalue weighted by atomic mass is 10.00. The van der Waals surface area contributed by atoms with Crippen molar-refractivity contribution in [2.45, 2.75) is 39.3 Å². The van der Waals surface area contributed by atoms with E-state index in [9.17, 15) is 14.4 Å². The summed E-state index contributed by atoms with van der Waals surface area (Å²) in [6.45, 7) is 6.92. The van der Waals surface area contributed by atoms with E-state index in [0.717, 1.165) is 16.2 Å². The average molecular weight is 354 g/mol. The van der Waals surface area contributed by atoms with Crippen LogP contribution in [0.3, 0.4) is 0 Å². The molecule has 0 aliphatic carbocycles. The van der Waals surface area contributed by atoms with Gasteiger partial charge in [0.15, 0.2) is 0 Å². The van der Waals surface area contributed by atoms with Crippen LogP contribution < -0.4 is 5.32 Å². The van der Waals surface area contributed by atoms with Gasteiger partial charge in [0.1, 0.15) is 5.54 Å². The van der Waals surface area contributed by atoms with E-state index in [0.29, 0.717) is 11.1 Å². The molecule has 1 aromatic heterocycles. The van der Waals surface area contributed by atoms with Crippen molar-refractivity contribution in [1.82, 2.24) is 20.0 Å². The minimum atomic E-state index is -1.32. The first kappa shape index (κ1) is 17.8. The number of hydrogen-bond acceptors (Lipinski definition) is 4. The molecule has 7 nitrogen and oxygen atoms in total. The van der Waals surface area contributed by atoms with E-state index in [2.05, 4.69) is 10.4 Å². The van der Waals surface area contributed by atoms with Crippen molar-refractivity contribution in [1.29, 1.82) is 0 Å². The molecule has 1 N–H and O–H groups in total. The number of benzene rings is 1. The summed E-state index contributed by atoms with van der Waals surface area (Å²) in [4.78, 5) is 39.3. The molecule has 0 fully saturated rings. The maximum atomic E-state index is 12.9. The van der Waals surface area contributed by atoms with Crippen molar-refractivity contribution < 1.29 is 14.4 Å². The highest BCUT2D eigenvalue weighted by Gasteiger charge is 2.48. The van der Waals surface area contributed by atoms with Crippen LogP contribution in [0.4, 0.5) is 0 Å². The second-order valence-electron chi connectivity index (χ2n) is 7.05. The van der Waals surface area contributed by atoms with Gasteiger partial charge in [-0.3, -0.25) is 24.0 Å². The number of fused-ring (bicyclic) bond motifs is 1. The SMILES string of the molecule is Cc1c(C(C)NC(=O)C(C)(C)N2C(=O)c3ccccc3C2=O)cnn1C. The molecular weight excluding hydrogens is 332 g/mol. The number of aryl methyl sites for hydroxylation is 1. The van der Waals surface area contributed by atoms with E-state index >= 15 is 0 Å². The first-order chi connectivity index (χ1) is 12.2. The van der Waals surface area contributed by atoms with E-state index in [1.807, 2.05) is 20.9 Å². The molecular formula is C19H22N4O3. The molecule has 2 heterocycles. The van der Waals surface area contributed by atoms with Gasteiger partial charge in [-0.2, -0.15) is 5.10 Å². The second-order valence-corrected chi connectivity index (χ2v) is 7.05. The minimum absolute atomic E-state index is 0.300. The molecule has 1 aromatic carbocycles. The molecule has 3 amide bonds. The molecule has 1 unspecified atom stereocenters. The molecule has 0 radical (unpaired) electrons. The Labute approximate surface area is 152 Å². The molecule has 3 rings (SSSR count). The third-order valence-corrected chi connectivity index (χ3v) is 5.00. The van der Waals surface area contributed by atoms with Gasteiger partial charge in [-0.25, -0.2) is 0 Å². The van der Waals surface area contributed by atoms with Gasteiger partial charge in [0.2, 0.25) is 5.91 Å². The summed E-state index contributed by atoms with van der Waals surface area (Å²) >= 11 is 0. The first-order valence-electron chi connectivity index (χ1n) is 8.43. The van der Waals surface area contributed by atoms with Gasteiger partial charge in [-0.05, 0) is 39.8 Å². The number of hydrogen-bond donors (Lipinski definition) is 1. The van der Waals surface area contributed by atoms with Crippen LogP contribution in [0.25, 0.3) is 0 Å². The summed E-state index contributed by atoms with van der Waals surface area (Å²) < 4.78 is 1.73. The molecule has 26 heavy (non-hydrogen) atoms. The zero-order valence-corrected chi connectivity index (χ0v) is 15.5. The van der Waals surface area contributed by atoms with Crippen molar-refractivity contribution in [3.05, 3.63) is 52.8 Å². The summed E-state index contributed by atoms with van der Waals surface area (Å²) in [6, 6.07) is 6.31. The number of carbonyl (C=O) groups excluding carboxylic acids is 3. The van der Waals surface area contributed by atoms with Crippen molar-refractivity contribution in [2.75, 3.05) is 0 Å². The van der Waals surface area contributed by atoms with E-state index in [1.54, 1.807) is 49.0 Å². The van der Waals surface area contributed by atoms with Gasteiger partial charge in [0.25, 0.3) is 11.8 Å². The number of aromatic nitrogens is 2. The maximum Gasteiger partial charge on any atom is 0.262 e. The Kier molecular flexibility index (Phi) is 4.18. The van der Waals surface area contributed by atoms with Gasteiger partial charge < -0.3 is 5.32 Å². The highest BCUT2D eigenvalue weighted by Crippen LogP contribution is 2.30. The highest BCUT2D eigenvalue weighted by molar-refractivity contribution is 6.23. The number of rotatable bonds is 4. The minimum Gasteiger partial charge on any atom is -0.347 e. The van der Waals surface area contributed by atoms with E-state index in [-0.39, 0.29) is 6.04 Å². The van der Waals surface area contributed by atoms with Crippen LogP contribution >= 0.6 is 0 Å². The topological polar surface area (TPSA) is 84.3 Å². The van der Waals surface area contributed by atoms with Gasteiger partial charge in [-0.1, -0.05) is 12.1 Å². The third-order valence-electron chi connectivity index (χ3n) is 5.00. The Hall–Kier alpha value is -2.96. The molecule has 0 spiro atoms. The number of nitrogens with zero attached hydrogens (tertiary/aromatic N) is 3. The molecule has 7 heteroatoms. The molecule has 2 aromatic rings. The monoisotopic (exact) mass is 354 g/mol. The van der Waals surface area contributed by atoms with Crippen LogP contribution in [0.15, 0.2) is 30.5 Å². The second kappa shape index (κ2) is 6.09. The molecule has 0 saturated carbocycles. The van der Waals surface area contributed by atoms with Crippen LogP contribution in [0.1, 0.15) is 58.8 Å². The first-order valence-corrected chi connectivity index (χ1v) is 8.43. The third kappa shape index (κ3) is 2.60. The number of carbonyl (C=O) groups is 3. The quantitative estimate of drug-likeness (QED) is 0.851. The van der Waals surface area contributed by atoms with E-state index < -0.39 is 23.3 Å². The predicted molar refractivity (Wildman–Crippen MR) is 95.5 cm³/mol. The van der Waals surface area contributed by atoms with Crippen molar-refractivity contribution in [3.8, 4) is 0 Å². The summed E-state index contributed by atoms with van der Waals surface area (Å²) in [7, 11) is 1.83. The van der Waals surface area contributed by atoms with Crippen molar-refractivity contribution >= 4 is 17.7 Å². The fourth-order valence-corrected chi connectivity index (χ4v) is 3.19. The number of amides is 3. The largest absolute Gasteiger partial charge is 0.347 e. The van der Waals surface area contributed by atoms with Gasteiger partial charge >= 0.3 is 0 Å². The van der Waals surface area contributed by atoms with Crippen LogP contribution in [0.2, 0.25) is 0 Å². The molecule has 1 aliphatic rings. The smallest absolute Gasteiger partial charge is 0.262 e. The van der Waals surface area contributed by atoms with Gasteiger partial charge in [0.05, 0.1) is 23.4 Å². The summed E-state index contributed by atoms with van der Waals surface area (Å²) in [5.41, 5.74) is 1.16. The standard InChI is InChI=1S/C19H22N4O3/c1-11(15-10-20-22(5)12(15)2)21-18(26)19(3,4)23-16(24)13-8-6-7-9-14(13)17(23)25/h6-11H,1-5H3,(H,21,26). The van der Waals surface area contributed by atoms with Crippen molar-refractivity contribution in [2.24, 2.45) is 7.05 Å². The molecule has 0 saturated heterocycles. The fraction of sp³-hybridized carbons (Fsp3) is 0.368. The molecule has 136 valence electrons. The van der Waals surface area contributed by atoms with Crippen molar-refractivity contribution in [3.63, 3.8) is 0 Å². The van der Waals surface area contributed by atoms with Crippen LogP contribution in [-0.2, 0) is 11.8 Å². The highest BCUT2D eigenvalue weighted by atomic mass is 16.2. The van der Waals surface area contributed by atoms with Crippen LogP contribution in [0.5, 0.6) is 0 Å². The summed E-state index contributed by atoms with van der Waals surface area (Å²) in [5.74, 6) is -1.30. The van der Waals surface area contributed by atoms with Crippen LogP contribution in [0, 0.1) is 6.92 Å².